The van der Waals surface area contributed by atoms with Gasteiger partial charge in [0.15, 0.2) is 0 Å². The van der Waals surface area contributed by atoms with E-state index in [0.717, 1.165) is 39.2 Å². The van der Waals surface area contributed by atoms with Gasteiger partial charge in [0.2, 0.25) is 0 Å². The summed E-state index contributed by atoms with van der Waals surface area (Å²) in [4.78, 5) is 13.2. The van der Waals surface area contributed by atoms with Crippen LogP contribution < -0.4 is 15.4 Å². The number of ether oxygens (including phenoxy) is 1. The molecule has 1 aliphatic heterocycles. The van der Waals surface area contributed by atoms with Gasteiger partial charge in [-0.25, -0.2) is 0 Å². The first-order valence-electron chi connectivity index (χ1n) is 7.28. The maximum Gasteiger partial charge on any atom is 0.261 e. The summed E-state index contributed by atoms with van der Waals surface area (Å²) >= 11 is 1.55. The quantitative estimate of drug-likeness (QED) is 0.899. The topological polar surface area (TPSA) is 50.4 Å². The molecule has 1 fully saturated rings. The van der Waals surface area contributed by atoms with Crippen LogP contribution in [0.2, 0.25) is 0 Å². The normalized spacial score (nSPS) is 17.3. The molecule has 22 heavy (non-hydrogen) atoms. The summed E-state index contributed by atoms with van der Waals surface area (Å²) in [7, 11) is 1.66. The SMILES string of the molecule is COc1ccc2sc(C(=O)NCC3CCCN3)c(C)c2c1.Cl. The van der Waals surface area contributed by atoms with Crippen LogP contribution in [0.1, 0.15) is 28.1 Å². The first-order valence-corrected chi connectivity index (χ1v) is 8.09. The van der Waals surface area contributed by atoms with Gasteiger partial charge in [-0.15, -0.1) is 23.7 Å². The molecule has 1 aliphatic rings. The predicted molar refractivity (Wildman–Crippen MR) is 93.7 cm³/mol. The minimum atomic E-state index is 0. The van der Waals surface area contributed by atoms with E-state index in [1.807, 2.05) is 25.1 Å². The van der Waals surface area contributed by atoms with E-state index in [-0.39, 0.29) is 18.3 Å². The van der Waals surface area contributed by atoms with E-state index in [4.69, 9.17) is 4.74 Å². The summed E-state index contributed by atoms with van der Waals surface area (Å²) < 4.78 is 6.38. The van der Waals surface area contributed by atoms with Crippen LogP contribution in [0.4, 0.5) is 0 Å². The molecule has 3 rings (SSSR count). The van der Waals surface area contributed by atoms with Crippen LogP contribution >= 0.6 is 23.7 Å². The van der Waals surface area contributed by atoms with Gasteiger partial charge >= 0.3 is 0 Å². The molecule has 0 radical (unpaired) electrons. The number of hydrogen-bond donors (Lipinski definition) is 2. The number of carbonyl (C=O) groups excluding carboxylic acids is 1. The number of thiophene rings is 1. The van der Waals surface area contributed by atoms with Crippen LogP contribution in [0.15, 0.2) is 18.2 Å². The van der Waals surface area contributed by atoms with E-state index in [9.17, 15) is 4.79 Å². The van der Waals surface area contributed by atoms with Gasteiger partial charge in [0.25, 0.3) is 5.91 Å². The zero-order chi connectivity index (χ0) is 14.8. The third kappa shape index (κ3) is 3.37. The zero-order valence-electron chi connectivity index (χ0n) is 12.8. The van der Waals surface area contributed by atoms with Crippen molar-refractivity contribution >= 4 is 39.7 Å². The first-order chi connectivity index (χ1) is 10.2. The third-order valence-corrected chi connectivity index (χ3v) is 5.29. The second-order valence-corrected chi connectivity index (χ2v) is 6.47. The Hall–Kier alpha value is -1.30. The Morgan fingerprint density at radius 3 is 3.00 bits per heavy atom. The molecule has 6 heteroatoms. The van der Waals surface area contributed by atoms with Crippen LogP contribution in [-0.2, 0) is 0 Å². The molecule has 1 unspecified atom stereocenters. The van der Waals surface area contributed by atoms with E-state index in [1.165, 1.54) is 6.42 Å². The number of hydrogen-bond acceptors (Lipinski definition) is 4. The van der Waals surface area contributed by atoms with Crippen molar-refractivity contribution in [3.8, 4) is 5.75 Å². The molecule has 1 saturated heterocycles. The van der Waals surface area contributed by atoms with E-state index in [2.05, 4.69) is 10.6 Å². The number of aryl methyl sites for hydroxylation is 1. The Bertz CT molecular complexity index is 665. The van der Waals surface area contributed by atoms with Gasteiger partial charge in [0.05, 0.1) is 12.0 Å². The van der Waals surface area contributed by atoms with Crippen molar-refractivity contribution in [2.24, 2.45) is 0 Å². The van der Waals surface area contributed by atoms with Gasteiger partial charge in [-0.2, -0.15) is 0 Å². The van der Waals surface area contributed by atoms with Crippen LogP contribution in [-0.4, -0.2) is 32.1 Å². The van der Waals surface area contributed by atoms with Gasteiger partial charge in [0.1, 0.15) is 5.75 Å². The summed E-state index contributed by atoms with van der Waals surface area (Å²) in [5.74, 6) is 0.854. The molecule has 4 nitrogen and oxygen atoms in total. The molecular weight excluding hydrogens is 320 g/mol. The molecule has 0 spiro atoms. The van der Waals surface area contributed by atoms with Crippen LogP contribution in [0.5, 0.6) is 5.75 Å². The third-order valence-electron chi connectivity index (χ3n) is 4.02. The van der Waals surface area contributed by atoms with Crippen molar-refractivity contribution in [3.63, 3.8) is 0 Å². The van der Waals surface area contributed by atoms with Gasteiger partial charge in [-0.1, -0.05) is 0 Å². The Labute approximate surface area is 140 Å². The van der Waals surface area contributed by atoms with E-state index < -0.39 is 0 Å². The molecule has 2 heterocycles. The Morgan fingerprint density at radius 1 is 1.50 bits per heavy atom. The van der Waals surface area contributed by atoms with Crippen molar-refractivity contribution in [1.82, 2.24) is 10.6 Å². The predicted octanol–water partition coefficient (Wildman–Crippen LogP) is 3.12. The van der Waals surface area contributed by atoms with Gasteiger partial charge < -0.3 is 15.4 Å². The lowest BCUT2D eigenvalue weighted by Gasteiger charge is -2.11. The molecule has 0 aliphatic carbocycles. The molecule has 1 amide bonds. The number of methoxy groups -OCH3 is 1. The number of nitrogens with one attached hydrogen (secondary N) is 2. The zero-order valence-corrected chi connectivity index (χ0v) is 14.4. The second kappa shape index (κ2) is 7.31. The summed E-state index contributed by atoms with van der Waals surface area (Å²) in [6.07, 6.45) is 2.34. The van der Waals surface area contributed by atoms with Crippen molar-refractivity contribution in [2.75, 3.05) is 20.2 Å². The fourth-order valence-electron chi connectivity index (χ4n) is 2.77. The molecule has 0 bridgehead atoms. The van der Waals surface area contributed by atoms with Crippen molar-refractivity contribution < 1.29 is 9.53 Å². The van der Waals surface area contributed by atoms with E-state index in [0.29, 0.717) is 12.6 Å². The summed E-state index contributed by atoms with van der Waals surface area (Å²) in [6, 6.07) is 6.36. The van der Waals surface area contributed by atoms with Gasteiger partial charge in [-0.3, -0.25) is 4.79 Å². The minimum absolute atomic E-state index is 0. The molecule has 1 aromatic carbocycles. The molecule has 1 aromatic heterocycles. The number of fused-ring (bicyclic) bond motifs is 1. The lowest BCUT2D eigenvalue weighted by molar-refractivity contribution is 0.0954. The van der Waals surface area contributed by atoms with Crippen LogP contribution in [0.25, 0.3) is 10.1 Å². The van der Waals surface area contributed by atoms with E-state index in [1.54, 1.807) is 18.4 Å². The highest BCUT2D eigenvalue weighted by molar-refractivity contribution is 7.21. The minimum Gasteiger partial charge on any atom is -0.497 e. The van der Waals surface area contributed by atoms with Crippen molar-refractivity contribution in [3.05, 3.63) is 28.6 Å². The Balaban J connectivity index is 0.00000176. The Kier molecular flexibility index (Phi) is 5.67. The molecular formula is C16H21ClN2O2S. The van der Waals surface area contributed by atoms with Crippen LogP contribution in [0.3, 0.4) is 0 Å². The molecule has 0 saturated carbocycles. The molecule has 2 N–H and O–H groups in total. The van der Waals surface area contributed by atoms with Gasteiger partial charge in [-0.05, 0) is 55.5 Å². The van der Waals surface area contributed by atoms with Crippen molar-refractivity contribution in [1.29, 1.82) is 0 Å². The molecule has 2 aromatic rings. The number of benzene rings is 1. The highest BCUT2D eigenvalue weighted by Gasteiger charge is 2.18. The number of halogens is 1. The monoisotopic (exact) mass is 340 g/mol. The highest BCUT2D eigenvalue weighted by Crippen LogP contribution is 2.33. The lowest BCUT2D eigenvalue weighted by Crippen LogP contribution is -2.37. The second-order valence-electron chi connectivity index (χ2n) is 5.42. The smallest absolute Gasteiger partial charge is 0.261 e. The largest absolute Gasteiger partial charge is 0.497 e. The van der Waals surface area contributed by atoms with Gasteiger partial charge in [0, 0.05) is 17.3 Å². The summed E-state index contributed by atoms with van der Waals surface area (Å²) in [6.45, 7) is 3.76. The summed E-state index contributed by atoms with van der Waals surface area (Å²) in [5.41, 5.74) is 1.03. The molecule has 1 atom stereocenters. The molecule has 120 valence electrons. The average Bonchev–Trinajstić information content (AvgIpc) is 3.13. The average molecular weight is 341 g/mol. The standard InChI is InChI=1S/C16H20N2O2S.ClH/c1-10-13-8-12(20-2)5-6-14(13)21-15(10)16(19)18-9-11-4-3-7-17-11;/h5-6,8,11,17H,3-4,7,9H2,1-2H3,(H,18,19);1H. The van der Waals surface area contributed by atoms with Crippen molar-refractivity contribution in [2.45, 2.75) is 25.8 Å². The Morgan fingerprint density at radius 2 is 2.32 bits per heavy atom. The summed E-state index contributed by atoms with van der Waals surface area (Å²) in [5, 5.41) is 7.54. The maximum atomic E-state index is 12.4. The first kappa shape index (κ1) is 17.1. The highest BCUT2D eigenvalue weighted by atomic mass is 35.5. The maximum absolute atomic E-state index is 12.4. The number of amides is 1. The number of carbonyl (C=O) groups is 1. The fraction of sp³-hybridized carbons (Fsp3) is 0.438. The lowest BCUT2D eigenvalue weighted by atomic mass is 10.1. The fourth-order valence-corrected chi connectivity index (χ4v) is 3.88. The number of rotatable bonds is 4. The van der Waals surface area contributed by atoms with Crippen LogP contribution in [0, 0.1) is 6.92 Å². The van der Waals surface area contributed by atoms with E-state index >= 15 is 0 Å².